The Balaban J connectivity index is 1.60. The highest BCUT2D eigenvalue weighted by molar-refractivity contribution is 7.59. The van der Waals surface area contributed by atoms with Crippen LogP contribution in [0.1, 0.15) is 18.4 Å². The Hall–Kier alpha value is -1.13. The molecule has 2 N–H and O–H groups in total. The molecule has 6 heteroatoms. The first-order valence-electron chi connectivity index (χ1n) is 8.11. The molecule has 0 saturated carbocycles. The molecule has 122 valence electrons. The predicted molar refractivity (Wildman–Crippen MR) is 98.2 cm³/mol. The lowest BCUT2D eigenvalue weighted by atomic mass is 9.99. The van der Waals surface area contributed by atoms with Gasteiger partial charge in [0.2, 0.25) is 7.44 Å². The molecule has 2 aromatic rings. The van der Waals surface area contributed by atoms with Crippen molar-refractivity contribution in [1.29, 1.82) is 0 Å². The van der Waals surface area contributed by atoms with E-state index in [1.807, 2.05) is 12.1 Å². The molecule has 23 heavy (non-hydrogen) atoms. The minimum absolute atomic E-state index is 0.265. The molecule has 1 aromatic heterocycles. The van der Waals surface area contributed by atoms with Crippen molar-refractivity contribution in [2.24, 2.45) is 0 Å². The quantitative estimate of drug-likeness (QED) is 0.489. The Morgan fingerprint density at radius 1 is 1.22 bits per heavy atom. The van der Waals surface area contributed by atoms with Gasteiger partial charge < -0.3 is 5.73 Å². The van der Waals surface area contributed by atoms with Gasteiger partial charge in [-0.25, -0.2) is 9.34 Å². The fourth-order valence-electron chi connectivity index (χ4n) is 3.11. The fourth-order valence-corrected chi connectivity index (χ4v) is 7.05. The second-order valence-electron chi connectivity index (χ2n) is 6.48. The van der Waals surface area contributed by atoms with Gasteiger partial charge in [0.15, 0.2) is 0 Å². The van der Waals surface area contributed by atoms with Crippen molar-refractivity contribution >= 4 is 24.5 Å². The lowest BCUT2D eigenvalue weighted by Gasteiger charge is -2.24. The number of anilines is 1. The minimum Gasteiger partial charge on any atom is -0.398 e. The molecule has 4 nitrogen and oxygen atoms in total. The number of hydrogen-bond acceptors (Lipinski definition) is 3. The second kappa shape index (κ2) is 5.75. The van der Waals surface area contributed by atoms with Crippen molar-refractivity contribution in [3.05, 3.63) is 41.3 Å². The number of hydrogen-bond donors (Lipinski definition) is 1. The number of thiophene rings is 1. The van der Waals surface area contributed by atoms with E-state index in [9.17, 15) is 4.57 Å². The Labute approximate surface area is 141 Å². The molecular formula is C17H22N3OPS. The van der Waals surface area contributed by atoms with Crippen LogP contribution in [0, 0.1) is 0 Å². The maximum Gasteiger partial charge on any atom is 0.217 e. The summed E-state index contributed by atoms with van der Waals surface area (Å²) in [5.74, 6) is 0.265. The van der Waals surface area contributed by atoms with E-state index in [0.717, 1.165) is 43.6 Å². The van der Waals surface area contributed by atoms with Gasteiger partial charge in [-0.3, -0.25) is 4.57 Å². The summed E-state index contributed by atoms with van der Waals surface area (Å²) in [4.78, 5) is 1.19. The molecule has 1 aromatic carbocycles. The molecular weight excluding hydrogens is 325 g/mol. The summed E-state index contributed by atoms with van der Waals surface area (Å²) in [6.45, 7) is 6.14. The van der Waals surface area contributed by atoms with Gasteiger partial charge in [-0.05, 0) is 35.1 Å². The summed E-state index contributed by atoms with van der Waals surface area (Å²) in [5, 5.41) is 2.07. The van der Waals surface area contributed by atoms with Crippen LogP contribution in [0.2, 0.25) is 0 Å². The zero-order chi connectivity index (χ0) is 16.0. The molecule has 0 amide bonds. The standard InChI is InChI=1S/C17H22N3OPS/c1-13(12-22(21,19-6-7-19)20-8-9-20)14-4-5-16(18)15(11-14)17-3-2-10-23-17/h2-5,10-11,13H,6-9,12,18H2,1H3. The van der Waals surface area contributed by atoms with E-state index in [2.05, 4.69) is 39.8 Å². The Kier molecular flexibility index (Phi) is 3.85. The van der Waals surface area contributed by atoms with E-state index >= 15 is 0 Å². The van der Waals surface area contributed by atoms with Crippen LogP contribution in [-0.2, 0) is 4.57 Å². The number of benzene rings is 1. The zero-order valence-electron chi connectivity index (χ0n) is 13.3. The Bertz CT molecular complexity index is 737. The van der Waals surface area contributed by atoms with Crippen molar-refractivity contribution < 1.29 is 4.57 Å². The van der Waals surface area contributed by atoms with Crippen LogP contribution in [0.3, 0.4) is 0 Å². The summed E-state index contributed by atoms with van der Waals surface area (Å²) < 4.78 is 17.7. The van der Waals surface area contributed by atoms with E-state index in [-0.39, 0.29) is 5.92 Å². The first-order chi connectivity index (χ1) is 11.1. The molecule has 0 spiro atoms. The smallest absolute Gasteiger partial charge is 0.217 e. The average molecular weight is 347 g/mol. The van der Waals surface area contributed by atoms with E-state index in [0.29, 0.717) is 0 Å². The van der Waals surface area contributed by atoms with Crippen LogP contribution in [0.4, 0.5) is 5.69 Å². The molecule has 4 rings (SSSR count). The monoisotopic (exact) mass is 347 g/mol. The van der Waals surface area contributed by atoms with Crippen LogP contribution in [0.15, 0.2) is 35.7 Å². The van der Waals surface area contributed by atoms with Gasteiger partial charge in [-0.1, -0.05) is 19.1 Å². The third kappa shape index (κ3) is 2.99. The lowest BCUT2D eigenvalue weighted by Crippen LogP contribution is -2.12. The highest BCUT2D eigenvalue weighted by atomic mass is 32.1. The number of nitrogens with zero attached hydrogens (tertiary/aromatic N) is 2. The van der Waals surface area contributed by atoms with Crippen LogP contribution >= 0.6 is 18.8 Å². The predicted octanol–water partition coefficient (Wildman–Crippen LogP) is 3.93. The minimum atomic E-state index is -2.31. The molecule has 3 heterocycles. The molecule has 0 aliphatic carbocycles. The summed E-state index contributed by atoms with van der Waals surface area (Å²) in [6, 6.07) is 10.4. The molecule has 2 aliphatic heterocycles. The fraction of sp³-hybridized carbons (Fsp3) is 0.412. The van der Waals surface area contributed by atoms with Crippen molar-refractivity contribution in [2.45, 2.75) is 12.8 Å². The van der Waals surface area contributed by atoms with E-state index in [1.54, 1.807) is 11.3 Å². The van der Waals surface area contributed by atoms with Gasteiger partial charge in [0, 0.05) is 48.5 Å². The summed E-state index contributed by atoms with van der Waals surface area (Å²) in [7, 11) is -2.31. The summed E-state index contributed by atoms with van der Waals surface area (Å²) >= 11 is 1.70. The van der Waals surface area contributed by atoms with Crippen molar-refractivity contribution in [1.82, 2.24) is 9.34 Å². The van der Waals surface area contributed by atoms with Crippen molar-refractivity contribution in [3.8, 4) is 10.4 Å². The molecule has 0 bridgehead atoms. The number of nitrogens with two attached hydrogens (primary N) is 1. The van der Waals surface area contributed by atoms with Crippen LogP contribution in [0.5, 0.6) is 0 Å². The molecule has 2 fully saturated rings. The van der Waals surface area contributed by atoms with Gasteiger partial charge in [0.05, 0.1) is 0 Å². The molecule has 2 saturated heterocycles. The van der Waals surface area contributed by atoms with E-state index in [4.69, 9.17) is 5.73 Å². The Morgan fingerprint density at radius 3 is 2.48 bits per heavy atom. The lowest BCUT2D eigenvalue weighted by molar-refractivity contribution is 0.513. The average Bonchev–Trinajstić information content (AvgIpc) is 3.45. The normalized spacial score (nSPS) is 19.7. The maximum atomic E-state index is 13.3. The van der Waals surface area contributed by atoms with E-state index in [1.165, 1.54) is 10.4 Å². The van der Waals surface area contributed by atoms with Gasteiger partial charge in [-0.2, -0.15) is 0 Å². The maximum absolute atomic E-state index is 13.3. The van der Waals surface area contributed by atoms with Crippen LogP contribution in [-0.4, -0.2) is 41.7 Å². The molecule has 1 unspecified atom stereocenters. The Morgan fingerprint density at radius 2 is 1.91 bits per heavy atom. The number of nitrogen functional groups attached to an aromatic ring is 1. The number of rotatable bonds is 6. The van der Waals surface area contributed by atoms with Crippen LogP contribution in [0.25, 0.3) is 10.4 Å². The molecule has 2 aliphatic rings. The van der Waals surface area contributed by atoms with Gasteiger partial charge in [-0.15, -0.1) is 11.3 Å². The highest BCUT2D eigenvalue weighted by Crippen LogP contribution is 2.61. The highest BCUT2D eigenvalue weighted by Gasteiger charge is 2.48. The molecule has 1 atom stereocenters. The van der Waals surface area contributed by atoms with Crippen molar-refractivity contribution in [3.63, 3.8) is 0 Å². The zero-order valence-corrected chi connectivity index (χ0v) is 15.0. The third-order valence-corrected chi connectivity index (χ3v) is 9.17. The second-order valence-corrected chi connectivity index (χ2v) is 10.3. The van der Waals surface area contributed by atoms with E-state index < -0.39 is 7.44 Å². The van der Waals surface area contributed by atoms with Gasteiger partial charge in [0.1, 0.15) is 0 Å². The first kappa shape index (κ1) is 15.4. The topological polar surface area (TPSA) is 49.1 Å². The largest absolute Gasteiger partial charge is 0.398 e. The molecule has 0 radical (unpaired) electrons. The van der Waals surface area contributed by atoms with Gasteiger partial charge in [0.25, 0.3) is 0 Å². The summed E-state index contributed by atoms with van der Waals surface area (Å²) in [6.07, 6.45) is 0.737. The SMILES string of the molecule is CC(CP(=O)(N1CC1)N1CC1)c1ccc(N)c(-c2cccs2)c1. The first-order valence-corrected chi connectivity index (χ1v) is 10.8. The third-order valence-electron chi connectivity index (χ3n) is 4.68. The summed E-state index contributed by atoms with van der Waals surface area (Å²) in [5.41, 5.74) is 9.29. The van der Waals surface area contributed by atoms with Gasteiger partial charge >= 0.3 is 0 Å². The van der Waals surface area contributed by atoms with Crippen LogP contribution < -0.4 is 5.73 Å². The van der Waals surface area contributed by atoms with Crippen molar-refractivity contribution in [2.75, 3.05) is 38.1 Å².